The summed E-state index contributed by atoms with van der Waals surface area (Å²) < 4.78 is 13.8. The monoisotopic (exact) mass is 441 g/mol. The maximum atomic E-state index is 13.8. The number of pyridine rings is 1. The van der Waals surface area contributed by atoms with Crippen LogP contribution in [0.15, 0.2) is 73.3 Å². The van der Waals surface area contributed by atoms with Crippen LogP contribution in [-0.4, -0.2) is 62.1 Å². The Hall–Kier alpha value is -4.27. The van der Waals surface area contributed by atoms with Crippen molar-refractivity contribution in [1.29, 1.82) is 0 Å². The molecule has 3 aromatic heterocycles. The molecule has 1 aliphatic heterocycles. The number of amides is 1. The molecule has 33 heavy (non-hydrogen) atoms. The predicted octanol–water partition coefficient (Wildman–Crippen LogP) is 3.10. The van der Waals surface area contributed by atoms with Crippen molar-refractivity contribution < 1.29 is 9.18 Å². The quantitative estimate of drug-likeness (QED) is 0.481. The Morgan fingerprint density at radius 1 is 0.818 bits per heavy atom. The Morgan fingerprint density at radius 2 is 1.58 bits per heavy atom. The fraction of sp³-hybridized carbons (Fsp3) is 0.167. The third-order valence-corrected chi connectivity index (χ3v) is 5.51. The first-order chi connectivity index (χ1) is 16.2. The molecule has 4 aromatic rings. The van der Waals surface area contributed by atoms with Gasteiger partial charge in [-0.3, -0.25) is 9.78 Å². The smallest absolute Gasteiger partial charge is 0.275 e. The van der Waals surface area contributed by atoms with Gasteiger partial charge in [0.15, 0.2) is 5.69 Å². The summed E-state index contributed by atoms with van der Waals surface area (Å²) in [5.41, 5.74) is 2.76. The minimum atomic E-state index is -0.361. The van der Waals surface area contributed by atoms with Crippen LogP contribution in [0.4, 0.5) is 10.3 Å². The Labute approximate surface area is 189 Å². The van der Waals surface area contributed by atoms with Gasteiger partial charge < -0.3 is 9.80 Å². The SMILES string of the molecule is O=C(c1nnc(-c2cccc(F)c2)cc1-c1ccncc1)N1CCN(c2ncccn2)CC1. The van der Waals surface area contributed by atoms with Crippen LogP contribution in [0.1, 0.15) is 10.5 Å². The van der Waals surface area contributed by atoms with E-state index < -0.39 is 0 Å². The van der Waals surface area contributed by atoms with Crippen molar-refractivity contribution in [2.24, 2.45) is 0 Å². The molecule has 0 radical (unpaired) electrons. The molecule has 1 aliphatic rings. The van der Waals surface area contributed by atoms with Gasteiger partial charge in [-0.15, -0.1) is 10.2 Å². The third kappa shape index (κ3) is 4.38. The Kier molecular flexibility index (Phi) is 5.67. The van der Waals surface area contributed by atoms with Gasteiger partial charge >= 0.3 is 0 Å². The number of rotatable bonds is 4. The summed E-state index contributed by atoms with van der Waals surface area (Å²) in [6.07, 6.45) is 6.72. The van der Waals surface area contributed by atoms with E-state index in [0.29, 0.717) is 48.9 Å². The van der Waals surface area contributed by atoms with E-state index in [1.807, 2.05) is 17.0 Å². The first-order valence-corrected chi connectivity index (χ1v) is 10.5. The van der Waals surface area contributed by atoms with Crippen molar-refractivity contribution in [2.75, 3.05) is 31.1 Å². The van der Waals surface area contributed by atoms with Gasteiger partial charge in [-0.2, -0.15) is 0 Å². The average molecular weight is 441 g/mol. The van der Waals surface area contributed by atoms with Crippen LogP contribution in [0.3, 0.4) is 0 Å². The van der Waals surface area contributed by atoms with E-state index in [4.69, 9.17) is 0 Å². The summed E-state index contributed by atoms with van der Waals surface area (Å²) in [7, 11) is 0. The molecule has 5 rings (SSSR count). The fourth-order valence-corrected chi connectivity index (χ4v) is 3.80. The third-order valence-electron chi connectivity index (χ3n) is 5.51. The summed E-state index contributed by atoms with van der Waals surface area (Å²) in [4.78, 5) is 29.9. The number of halogens is 1. The molecule has 0 atom stereocenters. The maximum absolute atomic E-state index is 13.8. The largest absolute Gasteiger partial charge is 0.337 e. The zero-order valence-corrected chi connectivity index (χ0v) is 17.7. The number of benzene rings is 1. The lowest BCUT2D eigenvalue weighted by molar-refractivity contribution is 0.0740. The molecule has 0 spiro atoms. The van der Waals surface area contributed by atoms with Crippen LogP contribution >= 0.6 is 0 Å². The van der Waals surface area contributed by atoms with Crippen molar-refractivity contribution in [3.8, 4) is 22.4 Å². The molecule has 1 saturated heterocycles. The fourth-order valence-electron chi connectivity index (χ4n) is 3.80. The van der Waals surface area contributed by atoms with Crippen LogP contribution in [0, 0.1) is 5.82 Å². The van der Waals surface area contributed by atoms with Crippen LogP contribution in [0.25, 0.3) is 22.4 Å². The second-order valence-electron chi connectivity index (χ2n) is 7.57. The molecular formula is C24H20FN7O. The topological polar surface area (TPSA) is 88.0 Å². The second-order valence-corrected chi connectivity index (χ2v) is 7.57. The lowest BCUT2D eigenvalue weighted by atomic mass is 10.0. The van der Waals surface area contributed by atoms with Gasteiger partial charge in [0.2, 0.25) is 5.95 Å². The molecule has 0 saturated carbocycles. The number of hydrogen-bond donors (Lipinski definition) is 0. The van der Waals surface area contributed by atoms with Gasteiger partial charge in [-0.1, -0.05) is 12.1 Å². The van der Waals surface area contributed by atoms with Gasteiger partial charge in [-0.05, 0) is 42.0 Å². The molecular weight excluding hydrogens is 421 g/mol. The number of nitrogens with zero attached hydrogens (tertiary/aromatic N) is 7. The minimum absolute atomic E-state index is 0.200. The Bertz CT molecular complexity index is 1260. The molecule has 0 unspecified atom stereocenters. The summed E-state index contributed by atoms with van der Waals surface area (Å²) in [6, 6.07) is 13.3. The lowest BCUT2D eigenvalue weighted by Gasteiger charge is -2.34. The van der Waals surface area contributed by atoms with Crippen LogP contribution < -0.4 is 4.90 Å². The van der Waals surface area contributed by atoms with Gasteiger partial charge in [0.25, 0.3) is 5.91 Å². The number of hydrogen-bond acceptors (Lipinski definition) is 7. The van der Waals surface area contributed by atoms with Gasteiger partial charge in [0.05, 0.1) is 5.69 Å². The zero-order chi connectivity index (χ0) is 22.6. The molecule has 1 amide bonds. The number of carbonyl (C=O) groups excluding carboxylic acids is 1. The number of anilines is 1. The van der Waals surface area contributed by atoms with Crippen molar-refractivity contribution in [1.82, 2.24) is 30.0 Å². The number of aromatic nitrogens is 5. The van der Waals surface area contributed by atoms with E-state index in [9.17, 15) is 9.18 Å². The summed E-state index contributed by atoms with van der Waals surface area (Å²) in [5.74, 6) is 0.0928. The Morgan fingerprint density at radius 3 is 2.30 bits per heavy atom. The molecule has 4 heterocycles. The van der Waals surface area contributed by atoms with E-state index >= 15 is 0 Å². The Balaban J connectivity index is 1.44. The van der Waals surface area contributed by atoms with E-state index in [1.54, 1.807) is 54.0 Å². The van der Waals surface area contributed by atoms with Crippen LogP contribution in [0.5, 0.6) is 0 Å². The highest BCUT2D eigenvalue weighted by Gasteiger charge is 2.27. The molecule has 0 aliphatic carbocycles. The molecule has 9 heteroatoms. The van der Waals surface area contributed by atoms with E-state index in [0.717, 1.165) is 5.56 Å². The van der Waals surface area contributed by atoms with Crippen molar-refractivity contribution >= 4 is 11.9 Å². The predicted molar refractivity (Wildman–Crippen MR) is 121 cm³/mol. The number of carbonyl (C=O) groups is 1. The molecule has 1 aromatic carbocycles. The molecule has 164 valence electrons. The summed E-state index contributed by atoms with van der Waals surface area (Å²) >= 11 is 0. The van der Waals surface area contributed by atoms with Gasteiger partial charge in [0.1, 0.15) is 5.82 Å². The summed E-state index contributed by atoms with van der Waals surface area (Å²) in [5, 5.41) is 8.54. The van der Waals surface area contributed by atoms with Gasteiger partial charge in [0, 0.05) is 62.1 Å². The highest BCUT2D eigenvalue weighted by molar-refractivity contribution is 5.99. The average Bonchev–Trinajstić information content (AvgIpc) is 2.89. The maximum Gasteiger partial charge on any atom is 0.275 e. The molecule has 8 nitrogen and oxygen atoms in total. The molecule has 0 bridgehead atoms. The van der Waals surface area contributed by atoms with Gasteiger partial charge in [-0.25, -0.2) is 14.4 Å². The normalized spacial score (nSPS) is 13.7. The van der Waals surface area contributed by atoms with E-state index in [-0.39, 0.29) is 17.4 Å². The van der Waals surface area contributed by atoms with Crippen molar-refractivity contribution in [2.45, 2.75) is 0 Å². The van der Waals surface area contributed by atoms with Crippen molar-refractivity contribution in [3.05, 3.63) is 84.8 Å². The highest BCUT2D eigenvalue weighted by Crippen LogP contribution is 2.28. The van der Waals surface area contributed by atoms with E-state index in [2.05, 4.69) is 25.1 Å². The van der Waals surface area contributed by atoms with Crippen molar-refractivity contribution in [3.63, 3.8) is 0 Å². The molecule has 1 fully saturated rings. The first kappa shape index (κ1) is 20.6. The summed E-state index contributed by atoms with van der Waals surface area (Å²) in [6.45, 7) is 2.27. The second kappa shape index (κ2) is 9.07. The standard InChI is InChI=1S/C24H20FN7O/c25-19-4-1-3-18(15-19)21-16-20(17-5-9-26-10-6-17)22(30-29-21)23(33)31-11-13-32(14-12-31)24-27-7-2-8-28-24/h1-10,15-16H,11-14H2. The van der Waals surface area contributed by atoms with E-state index in [1.165, 1.54) is 12.1 Å². The minimum Gasteiger partial charge on any atom is -0.337 e. The van der Waals surface area contributed by atoms with Crippen LogP contribution in [-0.2, 0) is 0 Å². The van der Waals surface area contributed by atoms with Crippen LogP contribution in [0.2, 0.25) is 0 Å². The zero-order valence-electron chi connectivity index (χ0n) is 17.7. The lowest BCUT2D eigenvalue weighted by Crippen LogP contribution is -2.49. The molecule has 0 N–H and O–H groups in total. The number of piperazine rings is 1. The highest BCUT2D eigenvalue weighted by atomic mass is 19.1. The first-order valence-electron chi connectivity index (χ1n) is 10.5.